The van der Waals surface area contributed by atoms with E-state index in [1.807, 2.05) is 0 Å². The van der Waals surface area contributed by atoms with E-state index in [0.29, 0.717) is 0 Å². The number of hydrogen-bond donors (Lipinski definition) is 3. The lowest BCUT2D eigenvalue weighted by atomic mass is 10.3. The summed E-state index contributed by atoms with van der Waals surface area (Å²) < 4.78 is 6.49. The minimum Gasteiger partial charge on any atom is -0.393 e. The van der Waals surface area contributed by atoms with Gasteiger partial charge in [0.15, 0.2) is 6.23 Å². The molecule has 0 radical (unpaired) electrons. The monoisotopic (exact) mass is 239 g/mol. The Balaban J connectivity index is 2.48. The van der Waals surface area contributed by atoms with Crippen molar-refractivity contribution in [1.29, 1.82) is 0 Å². The number of aromatic amines is 1. The molecule has 2 rings (SSSR count). The number of nitrogens with two attached hydrogens (primary N) is 1. The predicted molar refractivity (Wildman–Crippen MR) is 60.6 cm³/mol. The number of nitrogens with one attached hydrogen (secondary N) is 1. The number of anilines is 1. The minimum atomic E-state index is -0.699. The maximum Gasteiger partial charge on any atom is 0.332 e. The van der Waals surface area contributed by atoms with Crippen LogP contribution in [-0.2, 0) is 4.74 Å². The molecule has 1 aromatic rings. The van der Waals surface area contributed by atoms with Gasteiger partial charge in [-0.25, -0.2) is 9.36 Å². The average Bonchev–Trinajstić information content (AvgIpc) is 2.74. The number of aliphatic hydroxyl groups excluding tert-OH is 1. The van der Waals surface area contributed by atoms with Crippen molar-refractivity contribution in [1.82, 2.24) is 9.55 Å². The van der Waals surface area contributed by atoms with E-state index in [9.17, 15) is 9.59 Å². The highest BCUT2D eigenvalue weighted by molar-refractivity contribution is 5.37. The Hall–Kier alpha value is -1.86. The van der Waals surface area contributed by atoms with Gasteiger partial charge in [-0.15, -0.1) is 0 Å². The first-order valence-electron chi connectivity index (χ1n) is 5.10. The molecule has 1 aliphatic rings. The predicted octanol–water partition coefficient (Wildman–Crippen LogP) is -1.13. The fourth-order valence-corrected chi connectivity index (χ4v) is 1.65. The summed E-state index contributed by atoms with van der Waals surface area (Å²) in [6, 6.07) is 0. The molecule has 7 nitrogen and oxygen atoms in total. The van der Waals surface area contributed by atoms with Gasteiger partial charge in [0.1, 0.15) is 11.9 Å². The fourth-order valence-electron chi connectivity index (χ4n) is 1.65. The number of nitrogens with zero attached hydrogens (tertiary/aromatic N) is 1. The van der Waals surface area contributed by atoms with Crippen molar-refractivity contribution in [2.24, 2.45) is 0 Å². The van der Waals surface area contributed by atoms with Gasteiger partial charge < -0.3 is 15.6 Å². The number of rotatable bonds is 2. The highest BCUT2D eigenvalue weighted by Crippen LogP contribution is 2.21. The van der Waals surface area contributed by atoms with Crippen molar-refractivity contribution in [2.45, 2.75) is 19.3 Å². The highest BCUT2D eigenvalue weighted by Gasteiger charge is 2.23. The number of nitrogen functional groups attached to an aromatic ring is 1. The molecule has 0 saturated carbocycles. The van der Waals surface area contributed by atoms with E-state index in [0.717, 1.165) is 4.57 Å². The Morgan fingerprint density at radius 2 is 2.24 bits per heavy atom. The molecule has 92 valence electrons. The molecule has 0 fully saturated rings. The topological polar surface area (TPSA) is 110 Å². The summed E-state index contributed by atoms with van der Waals surface area (Å²) in [6.45, 7) is 1.34. The van der Waals surface area contributed by atoms with Crippen molar-refractivity contribution in [3.63, 3.8) is 0 Å². The number of aliphatic hydroxyl groups is 1. The van der Waals surface area contributed by atoms with E-state index in [-0.39, 0.29) is 18.0 Å². The van der Waals surface area contributed by atoms with E-state index >= 15 is 0 Å². The maximum absolute atomic E-state index is 11.6. The van der Waals surface area contributed by atoms with Crippen molar-refractivity contribution >= 4 is 5.82 Å². The molecule has 0 spiro atoms. The molecule has 0 amide bonds. The molecule has 7 heteroatoms. The summed E-state index contributed by atoms with van der Waals surface area (Å²) in [5.41, 5.74) is 4.83. The van der Waals surface area contributed by atoms with Crippen LogP contribution in [0.1, 0.15) is 11.8 Å². The molecule has 0 unspecified atom stereocenters. The van der Waals surface area contributed by atoms with Crippen molar-refractivity contribution < 1.29 is 9.84 Å². The SMILES string of the molecule is Cc1c(N)n([C@@H]2C=C[C@H](CO)O2)c(=O)[nH]c1=O. The third-order valence-corrected chi connectivity index (χ3v) is 2.66. The zero-order valence-electron chi connectivity index (χ0n) is 9.21. The molecular formula is C10H13N3O4. The van der Waals surface area contributed by atoms with Crippen LogP contribution in [0.4, 0.5) is 5.82 Å². The normalized spacial score (nSPS) is 23.2. The van der Waals surface area contributed by atoms with Gasteiger partial charge in [-0.3, -0.25) is 9.78 Å². The Morgan fingerprint density at radius 3 is 2.82 bits per heavy atom. The van der Waals surface area contributed by atoms with Gasteiger partial charge in [0.05, 0.1) is 12.2 Å². The first kappa shape index (κ1) is 11.6. The molecule has 1 aromatic heterocycles. The lowest BCUT2D eigenvalue weighted by Crippen LogP contribution is -2.36. The van der Waals surface area contributed by atoms with E-state index < -0.39 is 23.6 Å². The van der Waals surface area contributed by atoms with Crippen LogP contribution in [0, 0.1) is 6.92 Å². The third-order valence-electron chi connectivity index (χ3n) is 2.66. The minimum absolute atomic E-state index is 0.0620. The summed E-state index contributed by atoms with van der Waals surface area (Å²) >= 11 is 0. The lowest BCUT2D eigenvalue weighted by molar-refractivity contribution is -0.00925. The van der Waals surface area contributed by atoms with Gasteiger partial charge in [-0.05, 0) is 13.0 Å². The Bertz CT molecular complexity index is 572. The second-order valence-corrected chi connectivity index (χ2v) is 3.77. The van der Waals surface area contributed by atoms with Crippen LogP contribution < -0.4 is 17.0 Å². The van der Waals surface area contributed by atoms with Crippen LogP contribution in [0.5, 0.6) is 0 Å². The number of aromatic nitrogens is 2. The van der Waals surface area contributed by atoms with Crippen LogP contribution >= 0.6 is 0 Å². The van der Waals surface area contributed by atoms with Crippen LogP contribution in [0.15, 0.2) is 21.7 Å². The quantitative estimate of drug-likeness (QED) is 0.566. The van der Waals surface area contributed by atoms with E-state index in [1.165, 1.54) is 6.92 Å². The van der Waals surface area contributed by atoms with Crippen molar-refractivity contribution in [3.8, 4) is 0 Å². The molecule has 0 saturated heterocycles. The molecule has 2 heterocycles. The zero-order chi connectivity index (χ0) is 12.6. The summed E-state index contributed by atoms with van der Waals surface area (Å²) in [4.78, 5) is 25.1. The molecule has 0 aliphatic carbocycles. The number of ether oxygens (including phenoxy) is 1. The molecule has 0 aromatic carbocycles. The maximum atomic E-state index is 11.6. The van der Waals surface area contributed by atoms with Crippen molar-refractivity contribution in [2.75, 3.05) is 12.3 Å². The molecule has 0 bridgehead atoms. The highest BCUT2D eigenvalue weighted by atomic mass is 16.5. The Labute approximate surface area is 96.1 Å². The van der Waals surface area contributed by atoms with E-state index in [4.69, 9.17) is 15.6 Å². The van der Waals surface area contributed by atoms with Crippen LogP contribution in [0.3, 0.4) is 0 Å². The third kappa shape index (κ3) is 1.90. The van der Waals surface area contributed by atoms with E-state index in [1.54, 1.807) is 12.2 Å². The lowest BCUT2D eigenvalue weighted by Gasteiger charge is -2.17. The van der Waals surface area contributed by atoms with Crippen molar-refractivity contribution in [3.05, 3.63) is 38.6 Å². The second-order valence-electron chi connectivity index (χ2n) is 3.77. The summed E-state index contributed by atoms with van der Waals surface area (Å²) in [7, 11) is 0. The smallest absolute Gasteiger partial charge is 0.332 e. The van der Waals surface area contributed by atoms with Crippen LogP contribution in [0.25, 0.3) is 0 Å². The molecular weight excluding hydrogens is 226 g/mol. The second kappa shape index (κ2) is 4.19. The van der Waals surface area contributed by atoms with Gasteiger partial charge in [0.2, 0.25) is 0 Å². The first-order valence-corrected chi connectivity index (χ1v) is 5.10. The average molecular weight is 239 g/mol. The standard InChI is InChI=1S/C10H13N3O4/c1-5-8(11)13(10(16)12-9(5)15)7-3-2-6(4-14)17-7/h2-3,6-7,14H,4,11H2,1H3,(H,12,15,16)/t6-,7+/m1/s1. The fraction of sp³-hybridized carbons (Fsp3) is 0.400. The Morgan fingerprint density at radius 1 is 1.53 bits per heavy atom. The van der Waals surface area contributed by atoms with E-state index in [2.05, 4.69) is 4.98 Å². The number of hydrogen-bond acceptors (Lipinski definition) is 5. The molecule has 17 heavy (non-hydrogen) atoms. The molecule has 1 aliphatic heterocycles. The van der Waals surface area contributed by atoms with Gasteiger partial charge in [-0.1, -0.05) is 6.08 Å². The van der Waals surface area contributed by atoms with Gasteiger partial charge in [0, 0.05) is 0 Å². The van der Waals surface area contributed by atoms with Gasteiger partial charge >= 0.3 is 5.69 Å². The molecule has 2 atom stereocenters. The summed E-state index contributed by atoms with van der Waals surface area (Å²) in [5, 5.41) is 8.92. The molecule has 4 N–H and O–H groups in total. The van der Waals surface area contributed by atoms with Gasteiger partial charge in [-0.2, -0.15) is 0 Å². The Kier molecular flexibility index (Phi) is 2.86. The summed E-state index contributed by atoms with van der Waals surface area (Å²) in [5.74, 6) is 0.0620. The number of H-pyrrole nitrogens is 1. The summed E-state index contributed by atoms with van der Waals surface area (Å²) in [6.07, 6.45) is 2.08. The van der Waals surface area contributed by atoms with Crippen LogP contribution in [0.2, 0.25) is 0 Å². The van der Waals surface area contributed by atoms with Crippen LogP contribution in [-0.4, -0.2) is 27.4 Å². The largest absolute Gasteiger partial charge is 0.393 e. The van der Waals surface area contributed by atoms with Gasteiger partial charge in [0.25, 0.3) is 5.56 Å². The zero-order valence-corrected chi connectivity index (χ0v) is 9.21. The first-order chi connectivity index (χ1) is 8.04.